The van der Waals surface area contributed by atoms with Gasteiger partial charge in [-0.1, -0.05) is 12.1 Å². The monoisotopic (exact) mass is 408 g/mol. The molecule has 29 heavy (non-hydrogen) atoms. The summed E-state index contributed by atoms with van der Waals surface area (Å²) >= 11 is 0. The Bertz CT molecular complexity index is 700. The average molecular weight is 408 g/mol. The van der Waals surface area contributed by atoms with Crippen LogP contribution >= 0.6 is 0 Å². The molecule has 5 atom stereocenters. The zero-order valence-electron chi connectivity index (χ0n) is 18.0. The van der Waals surface area contributed by atoms with E-state index < -0.39 is 17.9 Å². The maximum Gasteiger partial charge on any atom is 0.190 e. The Morgan fingerprint density at radius 3 is 2.17 bits per heavy atom. The lowest BCUT2D eigenvalue weighted by Crippen LogP contribution is -2.56. The van der Waals surface area contributed by atoms with Crippen LogP contribution in [0.1, 0.15) is 47.1 Å². The first kappa shape index (κ1) is 21.0. The van der Waals surface area contributed by atoms with Crippen molar-refractivity contribution in [2.45, 2.75) is 96.5 Å². The predicted molar refractivity (Wildman–Crippen MR) is 104 cm³/mol. The first-order valence-corrected chi connectivity index (χ1v) is 10.3. The highest BCUT2D eigenvalue weighted by Gasteiger charge is 2.60. The number of ether oxygens (including phenoxy) is 7. The molecule has 0 bridgehead atoms. The predicted octanol–water partition coefficient (Wildman–Crippen LogP) is 3.39. The number of benzene rings is 1. The fraction of sp³-hybridized carbons (Fsp3) is 0.727. The summed E-state index contributed by atoms with van der Waals surface area (Å²) in [7, 11) is 0. The van der Waals surface area contributed by atoms with Gasteiger partial charge in [0.05, 0.1) is 19.3 Å². The summed E-state index contributed by atoms with van der Waals surface area (Å²) in [6.07, 6.45) is -1.49. The SMILES string of the molecule is CC(C)Oc1ccc(COC[C@@H]2O[C@@H]3OC(C)(C)O[C@@H]3[C@@H]3OC(C)(C)O[C@@H]32)cc1. The smallest absolute Gasteiger partial charge is 0.190 e. The van der Waals surface area contributed by atoms with Gasteiger partial charge >= 0.3 is 0 Å². The van der Waals surface area contributed by atoms with Gasteiger partial charge in [-0.15, -0.1) is 0 Å². The van der Waals surface area contributed by atoms with Gasteiger partial charge in [-0.05, 0) is 59.2 Å². The molecule has 0 N–H and O–H groups in total. The minimum absolute atomic E-state index is 0.155. The van der Waals surface area contributed by atoms with Crippen molar-refractivity contribution in [1.82, 2.24) is 0 Å². The molecule has 3 aliphatic rings. The Hall–Kier alpha value is -1.22. The van der Waals surface area contributed by atoms with Crippen LogP contribution in [0.25, 0.3) is 0 Å². The third-order valence-corrected chi connectivity index (χ3v) is 5.10. The lowest BCUT2D eigenvalue weighted by atomic mass is 9.99. The average Bonchev–Trinajstić information content (AvgIpc) is 3.10. The maximum absolute atomic E-state index is 6.16. The molecule has 0 aliphatic carbocycles. The quantitative estimate of drug-likeness (QED) is 0.715. The van der Waals surface area contributed by atoms with Crippen molar-refractivity contribution in [1.29, 1.82) is 0 Å². The molecule has 0 radical (unpaired) electrons. The Balaban J connectivity index is 1.37. The van der Waals surface area contributed by atoms with Crippen molar-refractivity contribution in [3.05, 3.63) is 29.8 Å². The maximum atomic E-state index is 6.16. The highest BCUT2D eigenvalue weighted by atomic mass is 16.9. The lowest BCUT2D eigenvalue weighted by molar-refractivity contribution is -0.243. The van der Waals surface area contributed by atoms with Crippen LogP contribution in [0.4, 0.5) is 0 Å². The molecule has 3 heterocycles. The molecule has 0 saturated carbocycles. The van der Waals surface area contributed by atoms with Crippen LogP contribution in [0, 0.1) is 0 Å². The summed E-state index contributed by atoms with van der Waals surface area (Å²) in [6, 6.07) is 7.93. The van der Waals surface area contributed by atoms with E-state index in [0.29, 0.717) is 13.2 Å². The van der Waals surface area contributed by atoms with Crippen LogP contribution in [-0.4, -0.2) is 55.0 Å². The Morgan fingerprint density at radius 1 is 0.862 bits per heavy atom. The van der Waals surface area contributed by atoms with E-state index in [-0.39, 0.29) is 30.5 Å². The molecule has 162 valence electrons. The molecule has 0 amide bonds. The first-order valence-electron chi connectivity index (χ1n) is 10.3. The topological polar surface area (TPSA) is 64.6 Å². The summed E-state index contributed by atoms with van der Waals surface area (Å²) in [5.41, 5.74) is 1.07. The molecular weight excluding hydrogens is 376 g/mol. The second-order valence-corrected chi connectivity index (χ2v) is 9.03. The van der Waals surface area contributed by atoms with Gasteiger partial charge in [-0.25, -0.2) is 0 Å². The highest BCUT2D eigenvalue weighted by molar-refractivity contribution is 5.27. The highest BCUT2D eigenvalue weighted by Crippen LogP contribution is 2.44. The van der Waals surface area contributed by atoms with Crippen LogP contribution in [0.3, 0.4) is 0 Å². The molecule has 1 aromatic carbocycles. The Labute approximate surface area is 172 Å². The number of rotatable bonds is 6. The minimum Gasteiger partial charge on any atom is -0.491 e. The van der Waals surface area contributed by atoms with E-state index in [1.807, 2.05) is 65.8 Å². The van der Waals surface area contributed by atoms with Gasteiger partial charge in [0.25, 0.3) is 0 Å². The molecule has 0 aromatic heterocycles. The van der Waals surface area contributed by atoms with Gasteiger partial charge < -0.3 is 33.2 Å². The van der Waals surface area contributed by atoms with Crippen molar-refractivity contribution in [3.8, 4) is 5.75 Å². The molecule has 0 unspecified atom stereocenters. The van der Waals surface area contributed by atoms with Crippen molar-refractivity contribution < 1.29 is 33.2 Å². The summed E-state index contributed by atoms with van der Waals surface area (Å²) in [5.74, 6) is -0.562. The molecule has 3 fully saturated rings. The van der Waals surface area contributed by atoms with Gasteiger partial charge in [0, 0.05) is 0 Å². The number of hydrogen-bond acceptors (Lipinski definition) is 7. The number of fused-ring (bicyclic) bond motifs is 3. The molecule has 4 rings (SSSR count). The van der Waals surface area contributed by atoms with Crippen LogP contribution in [0.5, 0.6) is 5.75 Å². The normalized spacial score (nSPS) is 34.8. The minimum atomic E-state index is -0.717. The fourth-order valence-electron chi connectivity index (χ4n) is 4.06. The fourth-order valence-corrected chi connectivity index (χ4v) is 4.06. The molecule has 3 aliphatic heterocycles. The summed E-state index contributed by atoms with van der Waals surface area (Å²) < 4.78 is 42.0. The van der Waals surface area contributed by atoms with Gasteiger partial charge in [-0.3, -0.25) is 0 Å². The second kappa shape index (κ2) is 7.80. The molecule has 7 heteroatoms. The van der Waals surface area contributed by atoms with Gasteiger partial charge in [0.1, 0.15) is 30.2 Å². The number of hydrogen-bond donors (Lipinski definition) is 0. The Morgan fingerprint density at radius 2 is 1.48 bits per heavy atom. The van der Waals surface area contributed by atoms with E-state index in [9.17, 15) is 0 Å². The van der Waals surface area contributed by atoms with E-state index >= 15 is 0 Å². The van der Waals surface area contributed by atoms with E-state index in [1.54, 1.807) is 0 Å². The van der Waals surface area contributed by atoms with E-state index in [0.717, 1.165) is 11.3 Å². The van der Waals surface area contributed by atoms with Crippen molar-refractivity contribution in [2.75, 3.05) is 6.61 Å². The third-order valence-electron chi connectivity index (χ3n) is 5.10. The summed E-state index contributed by atoms with van der Waals surface area (Å²) in [5, 5.41) is 0. The molecular formula is C22H32O7. The zero-order valence-corrected chi connectivity index (χ0v) is 18.0. The molecule has 7 nitrogen and oxygen atoms in total. The van der Waals surface area contributed by atoms with Crippen LogP contribution in [0.2, 0.25) is 0 Å². The summed E-state index contributed by atoms with van der Waals surface area (Å²) in [6.45, 7) is 12.4. The van der Waals surface area contributed by atoms with Crippen LogP contribution in [-0.2, 0) is 35.0 Å². The van der Waals surface area contributed by atoms with Crippen molar-refractivity contribution in [2.24, 2.45) is 0 Å². The van der Waals surface area contributed by atoms with Gasteiger partial charge in [-0.2, -0.15) is 0 Å². The van der Waals surface area contributed by atoms with Crippen molar-refractivity contribution >= 4 is 0 Å². The molecule has 3 saturated heterocycles. The third kappa shape index (κ3) is 4.76. The lowest BCUT2D eigenvalue weighted by Gasteiger charge is -2.37. The zero-order chi connectivity index (χ0) is 20.8. The van der Waals surface area contributed by atoms with Crippen molar-refractivity contribution in [3.63, 3.8) is 0 Å². The Kier molecular flexibility index (Phi) is 5.65. The molecule has 1 aromatic rings. The van der Waals surface area contributed by atoms with E-state index in [4.69, 9.17) is 33.2 Å². The second-order valence-electron chi connectivity index (χ2n) is 9.03. The van der Waals surface area contributed by atoms with Gasteiger partial charge in [0.2, 0.25) is 0 Å². The van der Waals surface area contributed by atoms with Crippen LogP contribution in [0.15, 0.2) is 24.3 Å². The molecule has 0 spiro atoms. The van der Waals surface area contributed by atoms with E-state index in [1.165, 1.54) is 0 Å². The summed E-state index contributed by atoms with van der Waals surface area (Å²) in [4.78, 5) is 0. The largest absolute Gasteiger partial charge is 0.491 e. The van der Waals surface area contributed by atoms with E-state index in [2.05, 4.69) is 0 Å². The van der Waals surface area contributed by atoms with Crippen LogP contribution < -0.4 is 4.74 Å². The first-order chi connectivity index (χ1) is 13.6. The van der Waals surface area contributed by atoms with Gasteiger partial charge in [0.15, 0.2) is 17.9 Å². The standard InChI is InChI=1S/C22H32O7/c1-13(2)24-15-9-7-14(8-10-15)11-23-12-16-17-18(27-21(3,4)26-17)19-20(25-16)29-22(5,6)28-19/h7-10,13,16-20H,11-12H2,1-6H3/t16-,17+,18+,19+,20+/m0/s1.